The molecule has 4 rings (SSSR count). The number of hydrogen-bond donors (Lipinski definition) is 0. The van der Waals surface area contributed by atoms with Gasteiger partial charge in [-0.25, -0.2) is 4.79 Å². The van der Waals surface area contributed by atoms with Crippen LogP contribution in [-0.4, -0.2) is 40.2 Å². The molecule has 0 aromatic heterocycles. The fraction of sp³-hybridized carbons (Fsp3) is 0.182. The van der Waals surface area contributed by atoms with Crippen LogP contribution in [0.3, 0.4) is 0 Å². The maximum atomic E-state index is 13.5. The number of halogens is 1. The highest BCUT2D eigenvalue weighted by Crippen LogP contribution is 2.45. The molecule has 6 nitrogen and oxygen atoms in total. The third-order valence-corrected chi connectivity index (χ3v) is 6.79. The lowest BCUT2D eigenvalue weighted by atomic mass is 10.1. The topological polar surface area (TPSA) is 66.9 Å². The van der Waals surface area contributed by atoms with Gasteiger partial charge in [-0.05, 0) is 30.7 Å². The summed E-state index contributed by atoms with van der Waals surface area (Å²) in [4.78, 5) is 41.7. The zero-order valence-electron chi connectivity index (χ0n) is 16.6. The summed E-state index contributed by atoms with van der Waals surface area (Å²) in [5.41, 5.74) is 2.57. The number of hydrogen-bond acceptors (Lipinski definition) is 6. The van der Waals surface area contributed by atoms with Crippen LogP contribution in [0.2, 0.25) is 5.02 Å². The molecule has 0 saturated carbocycles. The van der Waals surface area contributed by atoms with Gasteiger partial charge in [-0.15, -0.1) is 0 Å². The van der Waals surface area contributed by atoms with E-state index in [9.17, 15) is 14.4 Å². The molecule has 2 heterocycles. The molecule has 9 heteroatoms. The Morgan fingerprint density at radius 3 is 2.48 bits per heavy atom. The summed E-state index contributed by atoms with van der Waals surface area (Å²) in [6.07, 6.45) is 0. The van der Waals surface area contributed by atoms with Crippen molar-refractivity contribution in [3.8, 4) is 0 Å². The predicted octanol–water partition coefficient (Wildman–Crippen LogP) is 4.02. The van der Waals surface area contributed by atoms with Crippen molar-refractivity contribution in [2.24, 2.45) is 0 Å². The lowest BCUT2D eigenvalue weighted by Crippen LogP contribution is -2.42. The zero-order valence-corrected chi connectivity index (χ0v) is 19.0. The summed E-state index contributed by atoms with van der Waals surface area (Å²) in [6, 6.07) is 13.7. The van der Waals surface area contributed by atoms with Gasteiger partial charge in [0.1, 0.15) is 10.4 Å². The number of carbonyl (C=O) groups excluding carboxylic acids is 3. The molecule has 0 aliphatic carbocycles. The minimum Gasteiger partial charge on any atom is -0.467 e. The third-order valence-electron chi connectivity index (χ3n) is 5.13. The summed E-state index contributed by atoms with van der Waals surface area (Å²) in [7, 11) is 1.25. The first kappa shape index (κ1) is 21.5. The van der Waals surface area contributed by atoms with Gasteiger partial charge in [-0.1, -0.05) is 65.9 Å². The fourth-order valence-electron chi connectivity index (χ4n) is 3.57. The predicted molar refractivity (Wildman–Crippen MR) is 125 cm³/mol. The number of nitrogens with zero attached hydrogens (tertiary/aromatic N) is 2. The van der Waals surface area contributed by atoms with Gasteiger partial charge in [0.25, 0.3) is 11.8 Å². The molecule has 2 aliphatic heterocycles. The zero-order chi connectivity index (χ0) is 22.3. The summed E-state index contributed by atoms with van der Waals surface area (Å²) < 4.78 is 4.96. The number of anilines is 1. The Morgan fingerprint density at radius 1 is 1.13 bits per heavy atom. The smallest absolute Gasteiger partial charge is 0.328 e. The van der Waals surface area contributed by atoms with Crippen LogP contribution in [-0.2, 0) is 25.7 Å². The second kappa shape index (κ2) is 8.45. The highest BCUT2D eigenvalue weighted by Gasteiger charge is 2.44. The molecule has 2 aromatic rings. The van der Waals surface area contributed by atoms with Gasteiger partial charge >= 0.3 is 5.97 Å². The van der Waals surface area contributed by atoms with Gasteiger partial charge in [-0.2, -0.15) is 0 Å². The van der Waals surface area contributed by atoms with Gasteiger partial charge in [0, 0.05) is 10.6 Å². The first-order valence-electron chi connectivity index (χ1n) is 9.36. The number of amides is 2. The Morgan fingerprint density at radius 2 is 1.81 bits per heavy atom. The van der Waals surface area contributed by atoms with Gasteiger partial charge in [0.05, 0.1) is 29.8 Å². The number of esters is 1. The molecular weight excluding hydrogens is 456 g/mol. The van der Waals surface area contributed by atoms with Crippen LogP contribution < -0.4 is 4.90 Å². The van der Waals surface area contributed by atoms with E-state index in [1.807, 2.05) is 30.3 Å². The van der Waals surface area contributed by atoms with Gasteiger partial charge in [0.15, 0.2) is 0 Å². The third kappa shape index (κ3) is 3.75. The molecule has 0 spiro atoms. The molecule has 1 unspecified atom stereocenters. The Kier molecular flexibility index (Phi) is 5.88. The molecule has 1 atom stereocenters. The lowest BCUT2D eigenvalue weighted by molar-refractivity contribution is -0.147. The van der Waals surface area contributed by atoms with Crippen LogP contribution in [0.1, 0.15) is 18.1 Å². The second-order valence-corrected chi connectivity index (χ2v) is 9.06. The molecule has 158 valence electrons. The minimum atomic E-state index is -0.882. The van der Waals surface area contributed by atoms with E-state index >= 15 is 0 Å². The average molecular weight is 473 g/mol. The van der Waals surface area contributed by atoms with E-state index in [1.165, 1.54) is 12.0 Å². The standard InChI is InChI=1S/C22H17ClN2O4S2/c1-12(21(28)29-2)25-20(27)18(31-22(25)30)17-15-5-3-4-6-16(15)24(19(17)26)11-13-7-9-14(23)10-8-13/h3-10,12H,11H2,1-2H3. The van der Waals surface area contributed by atoms with Crippen molar-refractivity contribution in [2.75, 3.05) is 12.0 Å². The van der Waals surface area contributed by atoms with Crippen molar-refractivity contribution in [1.29, 1.82) is 0 Å². The van der Waals surface area contributed by atoms with E-state index in [2.05, 4.69) is 0 Å². The summed E-state index contributed by atoms with van der Waals surface area (Å²) in [5, 5.41) is 0.612. The normalized spacial score (nSPS) is 19.1. The average Bonchev–Trinajstić information content (AvgIpc) is 3.21. The van der Waals surface area contributed by atoms with Crippen molar-refractivity contribution in [3.05, 3.63) is 69.6 Å². The molecule has 1 saturated heterocycles. The van der Waals surface area contributed by atoms with E-state index in [-0.39, 0.29) is 15.1 Å². The quantitative estimate of drug-likeness (QED) is 0.380. The largest absolute Gasteiger partial charge is 0.467 e. The number of benzene rings is 2. The van der Waals surface area contributed by atoms with Crippen LogP contribution in [0.15, 0.2) is 53.4 Å². The summed E-state index contributed by atoms with van der Waals surface area (Å²) in [5.74, 6) is -1.34. The van der Waals surface area contributed by atoms with Gasteiger partial charge in [-0.3, -0.25) is 14.5 Å². The van der Waals surface area contributed by atoms with Crippen LogP contribution >= 0.6 is 35.6 Å². The first-order chi connectivity index (χ1) is 14.8. The van der Waals surface area contributed by atoms with Crippen LogP contribution in [0.25, 0.3) is 5.57 Å². The monoisotopic (exact) mass is 472 g/mol. The molecule has 1 fully saturated rings. The van der Waals surface area contributed by atoms with Crippen molar-refractivity contribution in [3.63, 3.8) is 0 Å². The molecule has 2 amide bonds. The summed E-state index contributed by atoms with van der Waals surface area (Å²) >= 11 is 12.3. The van der Waals surface area contributed by atoms with E-state index in [0.717, 1.165) is 17.3 Å². The van der Waals surface area contributed by atoms with E-state index < -0.39 is 17.9 Å². The molecule has 31 heavy (non-hydrogen) atoms. The van der Waals surface area contributed by atoms with E-state index in [1.54, 1.807) is 30.0 Å². The van der Waals surface area contributed by atoms with Crippen LogP contribution in [0.5, 0.6) is 0 Å². The molecule has 2 aromatic carbocycles. The number of thioether (sulfide) groups is 1. The highest BCUT2D eigenvalue weighted by molar-refractivity contribution is 8.26. The minimum absolute atomic E-state index is 0.215. The Balaban J connectivity index is 1.75. The second-order valence-electron chi connectivity index (χ2n) is 6.98. The van der Waals surface area contributed by atoms with Crippen LogP contribution in [0, 0.1) is 0 Å². The van der Waals surface area contributed by atoms with Crippen molar-refractivity contribution >= 4 is 68.9 Å². The molecule has 2 aliphatic rings. The Labute approximate surface area is 193 Å². The number of rotatable bonds is 4. The van der Waals surface area contributed by atoms with Crippen molar-refractivity contribution < 1.29 is 19.1 Å². The lowest BCUT2D eigenvalue weighted by Gasteiger charge is -2.20. The number of thiocarbonyl (C=S) groups is 1. The Bertz CT molecular complexity index is 1150. The highest BCUT2D eigenvalue weighted by atomic mass is 35.5. The molecule has 0 bridgehead atoms. The van der Waals surface area contributed by atoms with Crippen molar-refractivity contribution in [1.82, 2.24) is 4.90 Å². The van der Waals surface area contributed by atoms with Gasteiger partial charge in [0.2, 0.25) is 0 Å². The van der Waals surface area contributed by atoms with Crippen molar-refractivity contribution in [2.45, 2.75) is 19.5 Å². The van der Waals surface area contributed by atoms with Gasteiger partial charge < -0.3 is 9.64 Å². The molecule has 0 N–H and O–H groups in total. The van der Waals surface area contributed by atoms with E-state index in [4.69, 9.17) is 28.6 Å². The Hall–Kier alpha value is -2.68. The number of ether oxygens (including phenoxy) is 1. The molecular formula is C22H17ClN2O4S2. The number of para-hydroxylation sites is 1. The first-order valence-corrected chi connectivity index (χ1v) is 11.0. The van der Waals surface area contributed by atoms with E-state index in [0.29, 0.717) is 28.4 Å². The maximum Gasteiger partial charge on any atom is 0.328 e. The van der Waals surface area contributed by atoms with Crippen LogP contribution in [0.4, 0.5) is 5.69 Å². The SMILES string of the molecule is COC(=O)C(C)N1C(=O)C(=C2C(=O)N(Cc3ccc(Cl)cc3)c3ccccc32)SC1=S. The summed E-state index contributed by atoms with van der Waals surface area (Å²) in [6.45, 7) is 1.87. The number of methoxy groups -OCH3 is 1. The maximum absolute atomic E-state index is 13.5. The fourth-order valence-corrected chi connectivity index (χ4v) is 5.19. The molecule has 0 radical (unpaired) electrons. The number of fused-ring (bicyclic) bond motifs is 1. The number of carbonyl (C=O) groups is 3.